The van der Waals surface area contributed by atoms with E-state index in [9.17, 15) is 4.79 Å². The molecule has 9 heteroatoms. The summed E-state index contributed by atoms with van der Waals surface area (Å²) in [4.78, 5) is 17.2. The molecular weight excluding hydrogens is 366 g/mol. The number of nitrogens with zero attached hydrogens (tertiary/aromatic N) is 3. The van der Waals surface area contributed by atoms with E-state index in [1.807, 2.05) is 30.6 Å². The fourth-order valence-electron chi connectivity index (χ4n) is 2.68. The number of carbonyl (C=O) groups excluding carboxylic acids is 1. The zero-order valence-electron chi connectivity index (χ0n) is 15.5. The van der Waals surface area contributed by atoms with Crippen molar-refractivity contribution >= 4 is 22.4 Å². The van der Waals surface area contributed by atoms with Crippen LogP contribution in [0.15, 0.2) is 36.0 Å². The Morgan fingerprint density at radius 2 is 2.11 bits per heavy atom. The highest BCUT2D eigenvalue weighted by Gasteiger charge is 2.21. The molecule has 0 saturated heterocycles. The maximum Gasteiger partial charge on any atom is 0.247 e. The monoisotopic (exact) mass is 387 g/mol. The topological polar surface area (TPSA) is 90.3 Å². The fraction of sp³-hybridized carbons (Fsp3) is 0.278. The standard InChI is InChI=1S/C18H21N5O3S/c1-19-16(11-8-20-23(2)9-11)17(24)22-18-21-14(10-27-18)13-7-12(25-3)5-6-15(13)26-4/h5-10,16,19H,1-4H3,(H,21,22,24). The average Bonchev–Trinajstić information content (AvgIpc) is 3.31. The molecule has 1 aromatic carbocycles. The van der Waals surface area contributed by atoms with E-state index in [2.05, 4.69) is 20.7 Å². The number of thiazole rings is 1. The maximum atomic E-state index is 12.6. The number of carbonyl (C=O) groups is 1. The van der Waals surface area contributed by atoms with Crippen molar-refractivity contribution < 1.29 is 14.3 Å². The average molecular weight is 387 g/mol. The number of nitrogens with one attached hydrogen (secondary N) is 2. The van der Waals surface area contributed by atoms with Crippen molar-refractivity contribution in [1.82, 2.24) is 20.1 Å². The van der Waals surface area contributed by atoms with Crippen LogP contribution in [0.2, 0.25) is 0 Å². The number of methoxy groups -OCH3 is 2. The second-order valence-electron chi connectivity index (χ2n) is 5.76. The first kappa shape index (κ1) is 18.9. The SMILES string of the molecule is CNC(C(=O)Nc1nc(-c2cc(OC)ccc2OC)cs1)c1cnn(C)c1. The molecule has 3 aromatic rings. The molecule has 27 heavy (non-hydrogen) atoms. The Hall–Kier alpha value is -2.91. The Kier molecular flexibility index (Phi) is 5.72. The van der Waals surface area contributed by atoms with Crippen LogP contribution in [0.5, 0.6) is 11.5 Å². The van der Waals surface area contributed by atoms with Gasteiger partial charge in [-0.15, -0.1) is 11.3 Å². The van der Waals surface area contributed by atoms with E-state index in [-0.39, 0.29) is 5.91 Å². The van der Waals surface area contributed by atoms with Crippen molar-refractivity contribution in [1.29, 1.82) is 0 Å². The molecule has 142 valence electrons. The molecule has 0 saturated carbocycles. The van der Waals surface area contributed by atoms with Gasteiger partial charge in [-0.2, -0.15) is 5.10 Å². The number of ether oxygens (including phenoxy) is 2. The molecule has 2 heterocycles. The molecular formula is C18H21N5O3S. The van der Waals surface area contributed by atoms with Crippen molar-refractivity contribution in [3.8, 4) is 22.8 Å². The first-order valence-electron chi connectivity index (χ1n) is 8.20. The van der Waals surface area contributed by atoms with Gasteiger partial charge in [0.2, 0.25) is 5.91 Å². The molecule has 1 amide bonds. The number of amides is 1. The van der Waals surface area contributed by atoms with Gasteiger partial charge in [-0.05, 0) is 25.2 Å². The van der Waals surface area contributed by atoms with Gasteiger partial charge in [-0.3, -0.25) is 9.48 Å². The van der Waals surface area contributed by atoms with Crippen LogP contribution < -0.4 is 20.1 Å². The Morgan fingerprint density at radius 3 is 2.74 bits per heavy atom. The third kappa shape index (κ3) is 4.09. The predicted molar refractivity (Wildman–Crippen MR) is 104 cm³/mol. The molecule has 0 aliphatic carbocycles. The summed E-state index contributed by atoms with van der Waals surface area (Å²) in [6, 6.07) is 4.98. The van der Waals surface area contributed by atoms with Crippen molar-refractivity contribution in [2.75, 3.05) is 26.6 Å². The third-order valence-corrected chi connectivity index (χ3v) is 4.78. The van der Waals surface area contributed by atoms with E-state index < -0.39 is 6.04 Å². The minimum absolute atomic E-state index is 0.205. The molecule has 1 unspecified atom stereocenters. The fourth-order valence-corrected chi connectivity index (χ4v) is 3.40. The number of hydrogen-bond donors (Lipinski definition) is 2. The van der Waals surface area contributed by atoms with Crippen LogP contribution in [0.4, 0.5) is 5.13 Å². The van der Waals surface area contributed by atoms with E-state index in [0.717, 1.165) is 11.1 Å². The van der Waals surface area contributed by atoms with Crippen LogP contribution in [0.25, 0.3) is 11.3 Å². The number of likely N-dealkylation sites (N-methyl/N-ethyl adjacent to an activating group) is 1. The number of anilines is 1. The van der Waals surface area contributed by atoms with Gasteiger partial charge in [0.25, 0.3) is 0 Å². The highest BCUT2D eigenvalue weighted by molar-refractivity contribution is 7.14. The minimum Gasteiger partial charge on any atom is -0.497 e. The lowest BCUT2D eigenvalue weighted by molar-refractivity contribution is -0.118. The lowest BCUT2D eigenvalue weighted by atomic mass is 10.1. The Bertz CT molecular complexity index is 937. The molecule has 0 bridgehead atoms. The highest BCUT2D eigenvalue weighted by atomic mass is 32.1. The van der Waals surface area contributed by atoms with E-state index >= 15 is 0 Å². The normalized spacial score (nSPS) is 11.9. The van der Waals surface area contributed by atoms with Gasteiger partial charge in [0, 0.05) is 29.8 Å². The Morgan fingerprint density at radius 1 is 1.30 bits per heavy atom. The van der Waals surface area contributed by atoms with Crippen molar-refractivity contribution in [3.63, 3.8) is 0 Å². The number of aromatic nitrogens is 3. The van der Waals surface area contributed by atoms with Crippen LogP contribution >= 0.6 is 11.3 Å². The Labute approximate surface area is 161 Å². The van der Waals surface area contributed by atoms with Crippen LogP contribution in [-0.2, 0) is 11.8 Å². The lowest BCUT2D eigenvalue weighted by Crippen LogP contribution is -2.30. The van der Waals surface area contributed by atoms with Crippen molar-refractivity contribution in [2.24, 2.45) is 7.05 Å². The number of rotatable bonds is 7. The molecule has 0 spiro atoms. The molecule has 0 aliphatic heterocycles. The lowest BCUT2D eigenvalue weighted by Gasteiger charge is -2.13. The van der Waals surface area contributed by atoms with Gasteiger partial charge in [-0.25, -0.2) is 4.98 Å². The van der Waals surface area contributed by atoms with E-state index in [0.29, 0.717) is 22.3 Å². The third-order valence-electron chi connectivity index (χ3n) is 4.03. The van der Waals surface area contributed by atoms with Gasteiger partial charge in [0.05, 0.1) is 26.1 Å². The first-order valence-corrected chi connectivity index (χ1v) is 9.08. The second kappa shape index (κ2) is 8.19. The summed E-state index contributed by atoms with van der Waals surface area (Å²) < 4.78 is 12.3. The van der Waals surface area contributed by atoms with Crippen LogP contribution in [0.1, 0.15) is 11.6 Å². The highest BCUT2D eigenvalue weighted by Crippen LogP contribution is 2.35. The predicted octanol–water partition coefficient (Wildman–Crippen LogP) is 2.46. The van der Waals surface area contributed by atoms with Crippen molar-refractivity contribution in [3.05, 3.63) is 41.5 Å². The number of benzene rings is 1. The summed E-state index contributed by atoms with van der Waals surface area (Å²) >= 11 is 1.35. The van der Waals surface area contributed by atoms with Crippen molar-refractivity contribution in [2.45, 2.75) is 6.04 Å². The summed E-state index contributed by atoms with van der Waals surface area (Å²) in [5, 5.41) is 12.3. The zero-order valence-corrected chi connectivity index (χ0v) is 16.3. The largest absolute Gasteiger partial charge is 0.497 e. The summed E-state index contributed by atoms with van der Waals surface area (Å²) in [5.74, 6) is 1.18. The van der Waals surface area contributed by atoms with Crippen LogP contribution in [0.3, 0.4) is 0 Å². The summed E-state index contributed by atoms with van der Waals surface area (Å²) in [7, 11) is 6.74. The van der Waals surface area contributed by atoms with Crippen LogP contribution in [0, 0.1) is 0 Å². The summed E-state index contributed by atoms with van der Waals surface area (Å²) in [6.07, 6.45) is 3.46. The molecule has 2 aromatic heterocycles. The molecule has 0 aliphatic rings. The van der Waals surface area contributed by atoms with Gasteiger partial charge in [-0.1, -0.05) is 0 Å². The van der Waals surface area contributed by atoms with Gasteiger partial charge in [0.15, 0.2) is 5.13 Å². The summed E-state index contributed by atoms with van der Waals surface area (Å²) in [5.41, 5.74) is 2.28. The smallest absolute Gasteiger partial charge is 0.247 e. The van der Waals surface area contributed by atoms with E-state index in [1.54, 1.807) is 38.3 Å². The molecule has 8 nitrogen and oxygen atoms in total. The minimum atomic E-state index is -0.516. The number of aryl methyl sites for hydroxylation is 1. The van der Waals surface area contributed by atoms with Gasteiger partial charge >= 0.3 is 0 Å². The van der Waals surface area contributed by atoms with Crippen LogP contribution in [-0.4, -0.2) is 41.9 Å². The zero-order chi connectivity index (χ0) is 19.4. The molecule has 0 radical (unpaired) electrons. The quantitative estimate of drug-likeness (QED) is 0.647. The summed E-state index contributed by atoms with van der Waals surface area (Å²) in [6.45, 7) is 0. The van der Waals surface area contributed by atoms with E-state index in [4.69, 9.17) is 9.47 Å². The maximum absolute atomic E-state index is 12.6. The number of hydrogen-bond acceptors (Lipinski definition) is 7. The van der Waals surface area contributed by atoms with Gasteiger partial charge in [0.1, 0.15) is 17.5 Å². The van der Waals surface area contributed by atoms with E-state index in [1.165, 1.54) is 11.3 Å². The first-order chi connectivity index (χ1) is 13.0. The molecule has 2 N–H and O–H groups in total. The Balaban J connectivity index is 1.81. The molecule has 0 fully saturated rings. The second-order valence-corrected chi connectivity index (χ2v) is 6.62. The molecule has 1 atom stereocenters. The molecule has 3 rings (SSSR count). The van der Waals surface area contributed by atoms with Gasteiger partial charge < -0.3 is 20.1 Å².